The summed E-state index contributed by atoms with van der Waals surface area (Å²) in [6, 6.07) is 11.5. The summed E-state index contributed by atoms with van der Waals surface area (Å²) in [6.07, 6.45) is 4.49. The molecule has 1 aromatic carbocycles. The fourth-order valence-electron chi connectivity index (χ4n) is 3.97. The van der Waals surface area contributed by atoms with Gasteiger partial charge in [0.05, 0.1) is 12.0 Å². The minimum atomic E-state index is -0.148. The number of nitrogens with one attached hydrogen (secondary N) is 2. The SMILES string of the molecule is CC(=O)NCCCc1ccc(-c2csc(NC(=O)C3CCN(C(=O)c4ccco4)CC3)n2)cc1. The molecular formula is C25H28N4O4S. The van der Waals surface area contributed by atoms with Crippen LogP contribution in [0.2, 0.25) is 0 Å². The van der Waals surface area contributed by atoms with Gasteiger partial charge in [-0.25, -0.2) is 4.98 Å². The average Bonchev–Trinajstić information content (AvgIpc) is 3.54. The van der Waals surface area contributed by atoms with Crippen LogP contribution in [0.4, 0.5) is 5.13 Å². The molecule has 1 fully saturated rings. The van der Waals surface area contributed by atoms with E-state index in [0.717, 1.165) is 24.1 Å². The van der Waals surface area contributed by atoms with Gasteiger partial charge >= 0.3 is 0 Å². The zero-order valence-electron chi connectivity index (χ0n) is 19.1. The number of anilines is 1. The van der Waals surface area contributed by atoms with Crippen LogP contribution in [0.1, 0.15) is 42.3 Å². The molecule has 178 valence electrons. The molecule has 9 heteroatoms. The second-order valence-corrected chi connectivity index (χ2v) is 9.21. The van der Waals surface area contributed by atoms with E-state index in [4.69, 9.17) is 4.42 Å². The van der Waals surface area contributed by atoms with Crippen molar-refractivity contribution < 1.29 is 18.8 Å². The number of nitrogens with zero attached hydrogens (tertiary/aromatic N) is 2. The molecule has 1 aliphatic heterocycles. The van der Waals surface area contributed by atoms with Crippen LogP contribution < -0.4 is 10.6 Å². The van der Waals surface area contributed by atoms with Crippen LogP contribution in [0, 0.1) is 5.92 Å². The Morgan fingerprint density at radius 1 is 1.15 bits per heavy atom. The summed E-state index contributed by atoms with van der Waals surface area (Å²) < 4.78 is 5.19. The van der Waals surface area contributed by atoms with E-state index in [-0.39, 0.29) is 23.6 Å². The number of aryl methyl sites for hydroxylation is 1. The normalized spacial score (nSPS) is 14.1. The number of likely N-dealkylation sites (tertiary alicyclic amines) is 1. The van der Waals surface area contributed by atoms with Gasteiger partial charge < -0.3 is 20.0 Å². The zero-order valence-corrected chi connectivity index (χ0v) is 19.9. The first-order chi connectivity index (χ1) is 16.5. The van der Waals surface area contributed by atoms with Gasteiger partial charge in [0, 0.05) is 43.4 Å². The summed E-state index contributed by atoms with van der Waals surface area (Å²) >= 11 is 1.40. The lowest BCUT2D eigenvalue weighted by Gasteiger charge is -2.30. The maximum Gasteiger partial charge on any atom is 0.289 e. The number of rotatable bonds is 8. The fraction of sp³-hybridized carbons (Fsp3) is 0.360. The Hall–Kier alpha value is -3.46. The second kappa shape index (κ2) is 11.1. The maximum atomic E-state index is 12.7. The smallest absolute Gasteiger partial charge is 0.289 e. The molecule has 4 rings (SSSR count). The Kier molecular flexibility index (Phi) is 7.74. The minimum Gasteiger partial charge on any atom is -0.459 e. The number of carbonyl (C=O) groups is 3. The van der Waals surface area contributed by atoms with E-state index in [1.54, 1.807) is 17.0 Å². The van der Waals surface area contributed by atoms with Crippen LogP contribution in [0.15, 0.2) is 52.5 Å². The van der Waals surface area contributed by atoms with Gasteiger partial charge in [-0.1, -0.05) is 24.3 Å². The van der Waals surface area contributed by atoms with E-state index in [1.165, 1.54) is 30.1 Å². The van der Waals surface area contributed by atoms with Crippen LogP contribution in [-0.4, -0.2) is 47.2 Å². The van der Waals surface area contributed by atoms with Gasteiger partial charge in [-0.05, 0) is 43.4 Å². The topological polar surface area (TPSA) is 105 Å². The van der Waals surface area contributed by atoms with Crippen molar-refractivity contribution in [2.24, 2.45) is 5.92 Å². The number of benzene rings is 1. The predicted octanol–water partition coefficient (Wildman–Crippen LogP) is 3.96. The largest absolute Gasteiger partial charge is 0.459 e. The highest BCUT2D eigenvalue weighted by Gasteiger charge is 2.29. The summed E-state index contributed by atoms with van der Waals surface area (Å²) in [5, 5.41) is 8.26. The van der Waals surface area contributed by atoms with Crippen molar-refractivity contribution in [1.29, 1.82) is 0 Å². The predicted molar refractivity (Wildman–Crippen MR) is 131 cm³/mol. The molecule has 3 heterocycles. The molecule has 3 aromatic rings. The molecule has 0 bridgehead atoms. The molecule has 0 radical (unpaired) electrons. The van der Waals surface area contributed by atoms with Crippen molar-refractivity contribution in [2.75, 3.05) is 25.0 Å². The van der Waals surface area contributed by atoms with Crippen LogP contribution in [0.3, 0.4) is 0 Å². The third-order valence-electron chi connectivity index (χ3n) is 5.89. The summed E-state index contributed by atoms with van der Waals surface area (Å²) in [6.45, 7) is 3.25. The summed E-state index contributed by atoms with van der Waals surface area (Å²) in [5.41, 5.74) is 3.02. The lowest BCUT2D eigenvalue weighted by molar-refractivity contribution is -0.121. The lowest BCUT2D eigenvalue weighted by Crippen LogP contribution is -2.41. The van der Waals surface area contributed by atoms with E-state index in [9.17, 15) is 14.4 Å². The number of thiazole rings is 1. The van der Waals surface area contributed by atoms with Crippen molar-refractivity contribution in [1.82, 2.24) is 15.2 Å². The molecule has 0 unspecified atom stereocenters. The van der Waals surface area contributed by atoms with Gasteiger partial charge in [-0.2, -0.15) is 0 Å². The third-order valence-corrected chi connectivity index (χ3v) is 6.64. The van der Waals surface area contributed by atoms with Gasteiger partial charge in [0.1, 0.15) is 0 Å². The van der Waals surface area contributed by atoms with Gasteiger partial charge in [-0.15, -0.1) is 11.3 Å². The Morgan fingerprint density at radius 3 is 2.59 bits per heavy atom. The number of amides is 3. The Bertz CT molecular complexity index is 1120. The van der Waals surface area contributed by atoms with Crippen molar-refractivity contribution in [3.05, 3.63) is 59.4 Å². The van der Waals surface area contributed by atoms with Crippen molar-refractivity contribution >= 4 is 34.2 Å². The first-order valence-electron chi connectivity index (χ1n) is 11.4. The van der Waals surface area contributed by atoms with E-state index < -0.39 is 0 Å². The molecule has 0 aliphatic carbocycles. The molecule has 1 aliphatic rings. The number of hydrogen-bond acceptors (Lipinski definition) is 6. The first-order valence-corrected chi connectivity index (χ1v) is 12.3. The highest BCUT2D eigenvalue weighted by molar-refractivity contribution is 7.14. The van der Waals surface area contributed by atoms with Crippen LogP contribution in [0.5, 0.6) is 0 Å². The minimum absolute atomic E-state index is 0.00704. The molecule has 8 nitrogen and oxygen atoms in total. The molecule has 0 atom stereocenters. The average molecular weight is 481 g/mol. The van der Waals surface area contributed by atoms with Crippen molar-refractivity contribution in [2.45, 2.75) is 32.6 Å². The number of aromatic nitrogens is 1. The highest BCUT2D eigenvalue weighted by Crippen LogP contribution is 2.27. The number of furan rings is 1. The van der Waals surface area contributed by atoms with Crippen molar-refractivity contribution in [3.63, 3.8) is 0 Å². The van der Waals surface area contributed by atoms with Crippen LogP contribution in [-0.2, 0) is 16.0 Å². The molecule has 2 N–H and O–H groups in total. The Labute approximate surface area is 202 Å². The third kappa shape index (κ3) is 6.11. The lowest BCUT2D eigenvalue weighted by atomic mass is 9.96. The number of piperidine rings is 1. The van der Waals surface area contributed by atoms with Crippen LogP contribution >= 0.6 is 11.3 Å². The standard InChI is InChI=1S/C25H28N4O4S/c1-17(30)26-12-2-4-18-6-8-19(9-7-18)21-16-34-25(27-21)28-23(31)20-10-13-29(14-11-20)24(32)22-5-3-15-33-22/h3,5-9,15-16,20H,2,4,10-14H2,1H3,(H,26,30)(H,27,28,31). The monoisotopic (exact) mass is 480 g/mol. The van der Waals surface area contributed by atoms with Crippen LogP contribution in [0.25, 0.3) is 11.3 Å². The Balaban J connectivity index is 1.25. The van der Waals surface area contributed by atoms with Gasteiger partial charge in [0.15, 0.2) is 10.9 Å². The summed E-state index contributed by atoms with van der Waals surface area (Å²) in [5.74, 6) is -0.0129. The quantitative estimate of drug-likeness (QED) is 0.475. The molecule has 3 amide bonds. The molecule has 1 saturated heterocycles. The molecule has 0 spiro atoms. The molecule has 34 heavy (non-hydrogen) atoms. The molecular weight excluding hydrogens is 452 g/mol. The maximum absolute atomic E-state index is 12.7. The van der Waals surface area contributed by atoms with E-state index >= 15 is 0 Å². The van der Waals surface area contributed by atoms with Gasteiger partial charge in [-0.3, -0.25) is 14.4 Å². The Morgan fingerprint density at radius 2 is 1.91 bits per heavy atom. The second-order valence-electron chi connectivity index (χ2n) is 8.35. The number of hydrogen-bond donors (Lipinski definition) is 2. The number of carbonyl (C=O) groups excluding carboxylic acids is 3. The van der Waals surface area contributed by atoms with E-state index in [1.807, 2.05) is 17.5 Å². The van der Waals surface area contributed by atoms with Gasteiger partial charge in [0.25, 0.3) is 5.91 Å². The summed E-state index contributed by atoms with van der Waals surface area (Å²) in [7, 11) is 0. The fourth-order valence-corrected chi connectivity index (χ4v) is 4.69. The van der Waals surface area contributed by atoms with E-state index in [0.29, 0.717) is 43.4 Å². The van der Waals surface area contributed by atoms with Gasteiger partial charge in [0.2, 0.25) is 11.8 Å². The molecule has 0 saturated carbocycles. The highest BCUT2D eigenvalue weighted by atomic mass is 32.1. The molecule has 2 aromatic heterocycles. The van der Waals surface area contributed by atoms with E-state index in [2.05, 4.69) is 27.8 Å². The first kappa shape index (κ1) is 23.7. The zero-order chi connectivity index (χ0) is 23.9. The van der Waals surface area contributed by atoms with Crippen molar-refractivity contribution in [3.8, 4) is 11.3 Å². The summed E-state index contributed by atoms with van der Waals surface area (Å²) in [4.78, 5) is 42.4.